The predicted molar refractivity (Wildman–Crippen MR) is 86.2 cm³/mol. The summed E-state index contributed by atoms with van der Waals surface area (Å²) in [5.74, 6) is 0.259. The molecule has 23 heavy (non-hydrogen) atoms. The summed E-state index contributed by atoms with van der Waals surface area (Å²) in [4.78, 5) is 23.2. The third-order valence-corrected chi connectivity index (χ3v) is 3.80. The largest absolute Gasteiger partial charge is 0.493 e. The average molecular weight is 330 g/mol. The van der Waals surface area contributed by atoms with Crippen molar-refractivity contribution in [2.75, 3.05) is 19.0 Å². The molecular formula is C16H14N2O4S. The summed E-state index contributed by atoms with van der Waals surface area (Å²) >= 11 is 1.26. The van der Waals surface area contributed by atoms with E-state index in [-0.39, 0.29) is 18.3 Å². The van der Waals surface area contributed by atoms with Gasteiger partial charge in [0.15, 0.2) is 23.9 Å². The first kappa shape index (κ1) is 16.5. The summed E-state index contributed by atoms with van der Waals surface area (Å²) in [6, 6.07) is 8.36. The number of ketones is 1. The molecule has 0 atom stereocenters. The van der Waals surface area contributed by atoms with Gasteiger partial charge in [-0.25, -0.2) is 0 Å². The van der Waals surface area contributed by atoms with E-state index in [1.165, 1.54) is 25.4 Å². The maximum atomic E-state index is 11.9. The van der Waals surface area contributed by atoms with Crippen LogP contribution in [0.2, 0.25) is 0 Å². The average Bonchev–Trinajstić information content (AvgIpc) is 2.99. The Bertz CT molecular complexity index is 777. The molecule has 1 aromatic carbocycles. The number of ether oxygens (including phenoxy) is 2. The Kier molecular flexibility index (Phi) is 5.33. The van der Waals surface area contributed by atoms with Crippen LogP contribution in [0.5, 0.6) is 11.5 Å². The van der Waals surface area contributed by atoms with Crippen molar-refractivity contribution in [1.29, 1.82) is 5.26 Å². The number of hydrogen-bond donors (Lipinski definition) is 1. The van der Waals surface area contributed by atoms with Crippen LogP contribution in [0.4, 0.5) is 5.00 Å². The number of carbonyl (C=O) groups excluding carboxylic acids is 2. The first-order valence-electron chi connectivity index (χ1n) is 6.64. The van der Waals surface area contributed by atoms with E-state index in [0.717, 1.165) is 0 Å². The van der Waals surface area contributed by atoms with Gasteiger partial charge in [-0.1, -0.05) is 0 Å². The van der Waals surface area contributed by atoms with Crippen LogP contribution < -0.4 is 14.8 Å². The molecule has 1 amide bonds. The maximum absolute atomic E-state index is 11.9. The van der Waals surface area contributed by atoms with Gasteiger partial charge in [0, 0.05) is 5.56 Å². The Morgan fingerprint density at radius 2 is 2.09 bits per heavy atom. The summed E-state index contributed by atoms with van der Waals surface area (Å²) < 4.78 is 10.6. The van der Waals surface area contributed by atoms with Crippen LogP contribution in [-0.2, 0) is 4.79 Å². The van der Waals surface area contributed by atoms with E-state index in [0.29, 0.717) is 27.6 Å². The number of methoxy groups -OCH3 is 1. The van der Waals surface area contributed by atoms with Crippen LogP contribution in [0.25, 0.3) is 0 Å². The molecule has 1 heterocycles. The second-order valence-corrected chi connectivity index (χ2v) is 5.45. The fourth-order valence-electron chi connectivity index (χ4n) is 1.81. The molecule has 6 nitrogen and oxygen atoms in total. The number of rotatable bonds is 6. The third kappa shape index (κ3) is 4.08. The van der Waals surface area contributed by atoms with Crippen molar-refractivity contribution in [3.63, 3.8) is 0 Å². The van der Waals surface area contributed by atoms with Gasteiger partial charge in [0.25, 0.3) is 5.91 Å². The van der Waals surface area contributed by atoms with Gasteiger partial charge in [-0.3, -0.25) is 9.59 Å². The number of carbonyl (C=O) groups is 2. The highest BCUT2D eigenvalue weighted by Gasteiger charge is 2.12. The molecule has 1 aromatic heterocycles. The summed E-state index contributed by atoms with van der Waals surface area (Å²) in [6.07, 6.45) is 0. The topological polar surface area (TPSA) is 88.4 Å². The van der Waals surface area contributed by atoms with Gasteiger partial charge >= 0.3 is 0 Å². The predicted octanol–water partition coefficient (Wildman–Crippen LogP) is 2.85. The lowest BCUT2D eigenvalue weighted by atomic mass is 10.1. The van der Waals surface area contributed by atoms with Gasteiger partial charge < -0.3 is 14.8 Å². The Morgan fingerprint density at radius 1 is 1.30 bits per heavy atom. The summed E-state index contributed by atoms with van der Waals surface area (Å²) in [5.41, 5.74) is 0.905. The van der Waals surface area contributed by atoms with Crippen molar-refractivity contribution in [1.82, 2.24) is 0 Å². The Balaban J connectivity index is 2.02. The normalized spacial score (nSPS) is 9.78. The van der Waals surface area contributed by atoms with Crippen molar-refractivity contribution in [3.05, 3.63) is 40.8 Å². The molecule has 2 rings (SSSR count). The van der Waals surface area contributed by atoms with Gasteiger partial charge in [0.1, 0.15) is 11.1 Å². The molecule has 0 aliphatic rings. The Hall–Kier alpha value is -2.85. The highest BCUT2D eigenvalue weighted by Crippen LogP contribution is 2.28. The van der Waals surface area contributed by atoms with E-state index in [2.05, 4.69) is 5.32 Å². The van der Waals surface area contributed by atoms with Crippen LogP contribution >= 0.6 is 11.3 Å². The SMILES string of the molecule is COc1cc(C(C)=O)ccc1OCC(=O)Nc1sccc1C#N. The number of nitrogens with one attached hydrogen (secondary N) is 1. The lowest BCUT2D eigenvalue weighted by Crippen LogP contribution is -2.20. The fraction of sp³-hybridized carbons (Fsp3) is 0.188. The smallest absolute Gasteiger partial charge is 0.262 e. The molecule has 118 valence electrons. The van der Waals surface area contributed by atoms with Crippen molar-refractivity contribution >= 4 is 28.0 Å². The number of anilines is 1. The number of Topliss-reactive ketones (excluding diaryl/α,β-unsaturated/α-hetero) is 1. The van der Waals surface area contributed by atoms with Crippen LogP contribution in [0.1, 0.15) is 22.8 Å². The second kappa shape index (κ2) is 7.42. The second-order valence-electron chi connectivity index (χ2n) is 4.53. The van der Waals surface area contributed by atoms with E-state index in [9.17, 15) is 9.59 Å². The molecular weight excluding hydrogens is 316 g/mol. The van der Waals surface area contributed by atoms with E-state index < -0.39 is 0 Å². The first-order chi connectivity index (χ1) is 11.0. The highest BCUT2D eigenvalue weighted by atomic mass is 32.1. The number of thiophene rings is 1. The Labute approximate surface area is 137 Å². The number of hydrogen-bond acceptors (Lipinski definition) is 6. The molecule has 1 N–H and O–H groups in total. The minimum absolute atomic E-state index is 0.0886. The molecule has 0 spiro atoms. The summed E-state index contributed by atoms with van der Waals surface area (Å²) in [6.45, 7) is 1.22. The standard InChI is InChI=1S/C16H14N2O4S/c1-10(19)11-3-4-13(14(7-11)21-2)22-9-15(20)18-16-12(8-17)5-6-23-16/h3-7H,9H2,1-2H3,(H,18,20). The molecule has 0 saturated heterocycles. The summed E-state index contributed by atoms with van der Waals surface area (Å²) in [5, 5.41) is 13.7. The third-order valence-electron chi connectivity index (χ3n) is 2.97. The van der Waals surface area contributed by atoms with Gasteiger partial charge in [0.2, 0.25) is 0 Å². The van der Waals surface area contributed by atoms with E-state index >= 15 is 0 Å². The van der Waals surface area contributed by atoms with Crippen molar-refractivity contribution < 1.29 is 19.1 Å². The number of amides is 1. The molecule has 0 bridgehead atoms. The van der Waals surface area contributed by atoms with Crippen LogP contribution in [-0.4, -0.2) is 25.4 Å². The lowest BCUT2D eigenvalue weighted by Gasteiger charge is -2.11. The van der Waals surface area contributed by atoms with E-state index in [1.54, 1.807) is 29.6 Å². The van der Waals surface area contributed by atoms with Crippen LogP contribution in [0.15, 0.2) is 29.6 Å². The van der Waals surface area contributed by atoms with Gasteiger partial charge in [-0.05, 0) is 36.6 Å². The van der Waals surface area contributed by atoms with E-state index in [1.807, 2.05) is 6.07 Å². The fourth-order valence-corrected chi connectivity index (χ4v) is 2.56. The molecule has 0 aliphatic heterocycles. The number of benzene rings is 1. The molecule has 0 unspecified atom stereocenters. The molecule has 0 aliphatic carbocycles. The zero-order valence-electron chi connectivity index (χ0n) is 12.6. The minimum atomic E-state index is -0.387. The zero-order chi connectivity index (χ0) is 16.8. The first-order valence-corrected chi connectivity index (χ1v) is 7.52. The minimum Gasteiger partial charge on any atom is -0.493 e. The summed E-state index contributed by atoms with van der Waals surface area (Å²) in [7, 11) is 1.46. The monoisotopic (exact) mass is 330 g/mol. The lowest BCUT2D eigenvalue weighted by molar-refractivity contribution is -0.118. The van der Waals surface area contributed by atoms with Crippen LogP contribution in [0.3, 0.4) is 0 Å². The van der Waals surface area contributed by atoms with E-state index in [4.69, 9.17) is 14.7 Å². The van der Waals surface area contributed by atoms with Gasteiger partial charge in [0.05, 0.1) is 12.7 Å². The molecule has 0 radical (unpaired) electrons. The molecule has 7 heteroatoms. The highest BCUT2D eigenvalue weighted by molar-refractivity contribution is 7.14. The Morgan fingerprint density at radius 3 is 2.74 bits per heavy atom. The molecule has 0 fully saturated rings. The van der Waals surface area contributed by atoms with Crippen molar-refractivity contribution in [2.24, 2.45) is 0 Å². The number of nitrogens with zero attached hydrogens (tertiary/aromatic N) is 1. The van der Waals surface area contributed by atoms with Gasteiger partial charge in [-0.15, -0.1) is 11.3 Å². The molecule has 2 aromatic rings. The van der Waals surface area contributed by atoms with Gasteiger partial charge in [-0.2, -0.15) is 5.26 Å². The van der Waals surface area contributed by atoms with Crippen molar-refractivity contribution in [2.45, 2.75) is 6.92 Å². The zero-order valence-corrected chi connectivity index (χ0v) is 13.4. The quantitative estimate of drug-likeness (QED) is 0.823. The number of nitriles is 1. The molecule has 0 saturated carbocycles. The van der Waals surface area contributed by atoms with Crippen LogP contribution in [0, 0.1) is 11.3 Å². The van der Waals surface area contributed by atoms with Crippen molar-refractivity contribution in [3.8, 4) is 17.6 Å². The maximum Gasteiger partial charge on any atom is 0.262 e.